The van der Waals surface area contributed by atoms with Gasteiger partial charge in [0.1, 0.15) is 0 Å². The maximum atomic E-state index is 5.54. The van der Waals surface area contributed by atoms with Gasteiger partial charge in [-0.15, -0.1) is 0 Å². The smallest absolute Gasteiger partial charge is 0.160 e. The van der Waals surface area contributed by atoms with Crippen molar-refractivity contribution in [1.82, 2.24) is 19.5 Å². The molecule has 0 saturated heterocycles. The molecule has 0 amide bonds. The van der Waals surface area contributed by atoms with Crippen LogP contribution in [0.3, 0.4) is 0 Å². The average Bonchev–Trinajstić information content (AvgIpc) is 3.71. The molecular weight excluding hydrogens is 765 g/mol. The first kappa shape index (κ1) is 36.4. The molecule has 0 unspecified atom stereocenters. The fraction of sp³-hybridized carbons (Fsp3) is 0. The highest BCUT2D eigenvalue weighted by Gasteiger charge is 2.20. The zero-order valence-electron chi connectivity index (χ0n) is 34.2. The Bertz CT molecular complexity index is 3620. The number of benzene rings is 9. The Morgan fingerprint density at radius 2 is 0.762 bits per heavy atom. The van der Waals surface area contributed by atoms with Gasteiger partial charge in [0.05, 0.1) is 33.6 Å². The molecule has 4 nitrogen and oxygen atoms in total. The summed E-state index contributed by atoms with van der Waals surface area (Å²) in [5.41, 5.74) is 15.9. The summed E-state index contributed by atoms with van der Waals surface area (Å²) < 4.78 is 2.39. The number of hydrogen-bond acceptors (Lipinski definition) is 3. The van der Waals surface area contributed by atoms with Gasteiger partial charge in [-0.25, -0.2) is 15.0 Å². The molecule has 0 bridgehead atoms. The number of aromatic nitrogens is 4. The van der Waals surface area contributed by atoms with Gasteiger partial charge in [-0.3, -0.25) is 0 Å². The molecule has 0 fully saturated rings. The van der Waals surface area contributed by atoms with E-state index < -0.39 is 0 Å². The number of nitrogens with zero attached hydrogens (tertiary/aromatic N) is 4. The van der Waals surface area contributed by atoms with E-state index in [-0.39, 0.29) is 0 Å². The highest BCUT2D eigenvalue weighted by Crippen LogP contribution is 2.42. The SMILES string of the molecule is c1ccc(-c2ccc(-c3cc(-c4ccc(-c5ccc6c(c5)c5ccc7c8ccccc8c(-c8ccccc8)nc7c5n6-c5ccccc5)cc4)nc(-c4ccccc4)n3)cc2)cc1. The Morgan fingerprint density at radius 1 is 0.286 bits per heavy atom. The summed E-state index contributed by atoms with van der Waals surface area (Å²) in [6, 6.07) is 81.5. The van der Waals surface area contributed by atoms with Crippen LogP contribution in [0.25, 0.3) is 117 Å². The van der Waals surface area contributed by atoms with E-state index in [0.29, 0.717) is 5.82 Å². The van der Waals surface area contributed by atoms with Crippen molar-refractivity contribution in [3.05, 3.63) is 231 Å². The second-order valence-corrected chi connectivity index (χ2v) is 16.0. The number of hydrogen-bond donors (Lipinski definition) is 0. The molecule has 0 aliphatic rings. The first-order valence-electron chi connectivity index (χ1n) is 21.4. The Labute approximate surface area is 365 Å². The lowest BCUT2D eigenvalue weighted by Gasteiger charge is -2.13. The topological polar surface area (TPSA) is 43.6 Å². The second kappa shape index (κ2) is 15.2. The minimum Gasteiger partial charge on any atom is -0.307 e. The lowest BCUT2D eigenvalue weighted by Crippen LogP contribution is -1.96. The molecule has 0 saturated carbocycles. The summed E-state index contributed by atoms with van der Waals surface area (Å²) in [5, 5.41) is 5.83. The Kier molecular flexibility index (Phi) is 8.79. The third-order valence-corrected chi connectivity index (χ3v) is 12.2. The zero-order chi connectivity index (χ0) is 41.7. The van der Waals surface area contributed by atoms with Crippen LogP contribution >= 0.6 is 0 Å². The third kappa shape index (κ3) is 6.44. The molecular formula is C59H38N4. The molecule has 0 atom stereocenters. The van der Waals surface area contributed by atoms with Crippen LogP contribution < -0.4 is 0 Å². The van der Waals surface area contributed by atoms with Crippen LogP contribution in [0, 0.1) is 0 Å². The van der Waals surface area contributed by atoms with Crippen LogP contribution in [0.4, 0.5) is 0 Å². The predicted octanol–water partition coefficient (Wildman–Crippen LogP) is 15.3. The van der Waals surface area contributed by atoms with Crippen molar-refractivity contribution in [1.29, 1.82) is 0 Å². The molecule has 12 aromatic rings. The van der Waals surface area contributed by atoms with Gasteiger partial charge >= 0.3 is 0 Å². The molecule has 294 valence electrons. The van der Waals surface area contributed by atoms with Crippen molar-refractivity contribution in [2.75, 3.05) is 0 Å². The fourth-order valence-electron chi connectivity index (χ4n) is 9.12. The highest BCUT2D eigenvalue weighted by atomic mass is 15.0. The van der Waals surface area contributed by atoms with Crippen molar-refractivity contribution in [2.24, 2.45) is 0 Å². The van der Waals surface area contributed by atoms with Gasteiger partial charge < -0.3 is 4.57 Å². The maximum absolute atomic E-state index is 5.54. The number of rotatable bonds is 7. The third-order valence-electron chi connectivity index (χ3n) is 12.2. The van der Waals surface area contributed by atoms with Crippen LogP contribution in [0.15, 0.2) is 231 Å². The summed E-state index contributed by atoms with van der Waals surface area (Å²) in [4.78, 5) is 15.7. The number of para-hydroxylation sites is 1. The van der Waals surface area contributed by atoms with Gasteiger partial charge in [0.25, 0.3) is 0 Å². The Hall–Kier alpha value is -8.47. The van der Waals surface area contributed by atoms with Gasteiger partial charge in [-0.05, 0) is 58.0 Å². The van der Waals surface area contributed by atoms with E-state index >= 15 is 0 Å². The van der Waals surface area contributed by atoms with Crippen molar-refractivity contribution >= 4 is 43.5 Å². The van der Waals surface area contributed by atoms with Crippen LogP contribution in [0.5, 0.6) is 0 Å². The quantitative estimate of drug-likeness (QED) is 0.151. The summed E-state index contributed by atoms with van der Waals surface area (Å²) >= 11 is 0. The van der Waals surface area contributed by atoms with E-state index in [2.05, 4.69) is 211 Å². The molecule has 4 heteroatoms. The highest BCUT2D eigenvalue weighted by molar-refractivity contribution is 6.23. The molecule has 3 aromatic heterocycles. The maximum Gasteiger partial charge on any atom is 0.160 e. The number of fused-ring (bicyclic) bond motifs is 7. The van der Waals surface area contributed by atoms with Gasteiger partial charge in [-0.2, -0.15) is 0 Å². The van der Waals surface area contributed by atoms with Gasteiger partial charge in [0, 0.05) is 49.5 Å². The summed E-state index contributed by atoms with van der Waals surface area (Å²) in [6.45, 7) is 0. The molecule has 0 spiro atoms. The lowest BCUT2D eigenvalue weighted by molar-refractivity contribution is 1.18. The fourth-order valence-corrected chi connectivity index (χ4v) is 9.12. The summed E-state index contributed by atoms with van der Waals surface area (Å²) in [7, 11) is 0. The van der Waals surface area contributed by atoms with Crippen LogP contribution in [0.1, 0.15) is 0 Å². The van der Waals surface area contributed by atoms with Crippen LogP contribution in [-0.4, -0.2) is 19.5 Å². The van der Waals surface area contributed by atoms with Crippen molar-refractivity contribution in [2.45, 2.75) is 0 Å². The average molecular weight is 803 g/mol. The molecule has 3 heterocycles. The first-order chi connectivity index (χ1) is 31.2. The van der Waals surface area contributed by atoms with Crippen molar-refractivity contribution in [3.8, 4) is 73.1 Å². The lowest BCUT2D eigenvalue weighted by atomic mass is 9.98. The van der Waals surface area contributed by atoms with E-state index in [4.69, 9.17) is 15.0 Å². The monoisotopic (exact) mass is 802 g/mol. The van der Waals surface area contributed by atoms with Gasteiger partial charge in [0.2, 0.25) is 0 Å². The first-order valence-corrected chi connectivity index (χ1v) is 21.4. The second-order valence-electron chi connectivity index (χ2n) is 16.0. The van der Waals surface area contributed by atoms with E-state index in [1.54, 1.807) is 0 Å². The molecule has 9 aromatic carbocycles. The van der Waals surface area contributed by atoms with E-state index in [1.165, 1.54) is 27.3 Å². The molecule has 12 rings (SSSR count). The van der Waals surface area contributed by atoms with Gasteiger partial charge in [-0.1, -0.05) is 200 Å². The Balaban J connectivity index is 0.981. The molecule has 0 aliphatic heterocycles. The molecule has 0 N–H and O–H groups in total. The molecule has 0 radical (unpaired) electrons. The van der Waals surface area contributed by atoms with Crippen LogP contribution in [0.2, 0.25) is 0 Å². The van der Waals surface area contributed by atoms with E-state index in [0.717, 1.165) is 83.5 Å². The minimum absolute atomic E-state index is 0.700. The van der Waals surface area contributed by atoms with Crippen molar-refractivity contribution in [3.63, 3.8) is 0 Å². The standard InChI is InChI=1S/C59H38N4/c1-5-15-39(16-6-1)40-25-29-42(30-26-40)53-38-54(61-59(60-53)45-19-9-3-10-20-45)43-31-27-41(28-32-43)46-33-36-55-52(37-46)51-35-34-50-48-23-13-14-24-49(48)56(44-17-7-2-8-18-44)62-57(50)58(51)63(55)47-21-11-4-12-22-47/h1-38H. The van der Waals surface area contributed by atoms with Crippen molar-refractivity contribution < 1.29 is 0 Å². The molecule has 0 aliphatic carbocycles. The minimum atomic E-state index is 0.700. The number of pyridine rings is 1. The summed E-state index contributed by atoms with van der Waals surface area (Å²) in [5.74, 6) is 0.700. The largest absolute Gasteiger partial charge is 0.307 e. The molecule has 63 heavy (non-hydrogen) atoms. The predicted molar refractivity (Wildman–Crippen MR) is 262 cm³/mol. The van der Waals surface area contributed by atoms with E-state index in [9.17, 15) is 0 Å². The van der Waals surface area contributed by atoms with Crippen LogP contribution in [-0.2, 0) is 0 Å². The van der Waals surface area contributed by atoms with E-state index in [1.807, 2.05) is 24.3 Å². The Morgan fingerprint density at radius 3 is 1.40 bits per heavy atom. The normalized spacial score (nSPS) is 11.5. The zero-order valence-corrected chi connectivity index (χ0v) is 34.2. The van der Waals surface area contributed by atoms with Gasteiger partial charge in [0.15, 0.2) is 5.82 Å². The summed E-state index contributed by atoms with van der Waals surface area (Å²) in [6.07, 6.45) is 0.